The van der Waals surface area contributed by atoms with Gasteiger partial charge in [0.15, 0.2) is 0 Å². The summed E-state index contributed by atoms with van der Waals surface area (Å²) in [6.45, 7) is 2.27. The number of anilines is 1. The lowest BCUT2D eigenvalue weighted by Gasteiger charge is -2.16. The maximum absolute atomic E-state index is 12.0. The van der Waals surface area contributed by atoms with Crippen molar-refractivity contribution in [1.29, 1.82) is 5.26 Å². The number of carbonyl (C=O) groups is 1. The van der Waals surface area contributed by atoms with E-state index in [1.165, 1.54) is 6.33 Å². The van der Waals surface area contributed by atoms with Crippen molar-refractivity contribution < 1.29 is 19.4 Å². The standard InChI is InChI=1S/C31H27N7O4/c1-20-24(11-6-12-26(20)23-9-3-2-4-10-23)18-42-31-37-29(35-27(28(39)40)14-25-16-33-19-34-25)36-30(38-31)41-17-22-8-5-7-21(13-22)15-32/h2-13,16,19,27H,14,17-18H2,1H3,(H,33,34)(H,39,40)(H,35,36,37,38)/t27-/m0/s1. The molecular weight excluding hydrogens is 534 g/mol. The van der Waals surface area contributed by atoms with Gasteiger partial charge in [0, 0.05) is 18.3 Å². The first-order valence-corrected chi connectivity index (χ1v) is 13.1. The third-order valence-corrected chi connectivity index (χ3v) is 6.49. The number of nitrogens with zero attached hydrogens (tertiary/aromatic N) is 5. The SMILES string of the molecule is Cc1c(COc2nc(N[C@@H](Cc3cnc[nH]3)C(=O)O)nc(OCc3cccc(C#N)c3)n2)cccc1-c1ccccc1. The van der Waals surface area contributed by atoms with E-state index >= 15 is 0 Å². The van der Waals surface area contributed by atoms with Gasteiger partial charge in [0.1, 0.15) is 19.3 Å². The molecule has 0 radical (unpaired) electrons. The molecule has 0 amide bonds. The van der Waals surface area contributed by atoms with E-state index in [1.54, 1.807) is 24.4 Å². The molecule has 210 valence electrons. The van der Waals surface area contributed by atoms with Gasteiger partial charge in [0.25, 0.3) is 0 Å². The molecule has 0 saturated carbocycles. The number of imidazole rings is 1. The molecule has 0 bridgehead atoms. The van der Waals surface area contributed by atoms with Crippen molar-refractivity contribution in [1.82, 2.24) is 24.9 Å². The molecule has 0 spiro atoms. The summed E-state index contributed by atoms with van der Waals surface area (Å²) in [6.07, 6.45) is 3.14. The number of aromatic amines is 1. The molecule has 5 aromatic rings. The minimum Gasteiger partial charge on any atom is -0.480 e. The van der Waals surface area contributed by atoms with Crippen LogP contribution >= 0.6 is 0 Å². The molecule has 42 heavy (non-hydrogen) atoms. The number of aliphatic carboxylic acids is 1. The number of benzene rings is 3. The molecule has 1 atom stereocenters. The normalized spacial score (nSPS) is 11.3. The van der Waals surface area contributed by atoms with Crippen LogP contribution in [0, 0.1) is 18.3 Å². The monoisotopic (exact) mass is 561 g/mol. The Hall–Kier alpha value is -5.76. The van der Waals surface area contributed by atoms with Crippen LogP contribution in [0.1, 0.15) is 27.9 Å². The summed E-state index contributed by atoms with van der Waals surface area (Å²) in [7, 11) is 0. The van der Waals surface area contributed by atoms with Crippen molar-refractivity contribution in [3.8, 4) is 29.2 Å². The molecule has 11 nitrogen and oxygen atoms in total. The Labute approximate surface area is 241 Å². The predicted octanol–water partition coefficient (Wildman–Crippen LogP) is 4.71. The third-order valence-electron chi connectivity index (χ3n) is 6.49. The number of hydrogen-bond donors (Lipinski definition) is 3. The molecule has 0 unspecified atom stereocenters. The van der Waals surface area contributed by atoms with Crippen LogP contribution in [-0.2, 0) is 24.4 Å². The van der Waals surface area contributed by atoms with Gasteiger partial charge in [-0.3, -0.25) is 0 Å². The van der Waals surface area contributed by atoms with Gasteiger partial charge < -0.3 is 24.9 Å². The lowest BCUT2D eigenvalue weighted by Crippen LogP contribution is -2.32. The second kappa shape index (κ2) is 13.1. The quantitative estimate of drug-likeness (QED) is 0.195. The number of rotatable bonds is 12. The van der Waals surface area contributed by atoms with Crippen molar-refractivity contribution >= 4 is 11.9 Å². The number of nitriles is 1. The zero-order valence-corrected chi connectivity index (χ0v) is 22.7. The maximum atomic E-state index is 12.0. The summed E-state index contributed by atoms with van der Waals surface area (Å²) >= 11 is 0. The summed E-state index contributed by atoms with van der Waals surface area (Å²) < 4.78 is 11.8. The Balaban J connectivity index is 1.39. The summed E-state index contributed by atoms with van der Waals surface area (Å²) in [6, 6.07) is 23.9. The van der Waals surface area contributed by atoms with Crippen LogP contribution in [-0.4, -0.2) is 42.0 Å². The summed E-state index contributed by atoms with van der Waals surface area (Å²) in [5.41, 5.74) is 6.03. The average molecular weight is 562 g/mol. The highest BCUT2D eigenvalue weighted by atomic mass is 16.5. The molecule has 5 rings (SSSR count). The second-order valence-corrected chi connectivity index (χ2v) is 9.39. The number of nitrogens with one attached hydrogen (secondary N) is 2. The van der Waals surface area contributed by atoms with Gasteiger partial charge in [-0.2, -0.15) is 15.2 Å². The number of ether oxygens (including phenoxy) is 2. The molecular formula is C31H27N7O4. The minimum absolute atomic E-state index is 0.0255. The molecule has 2 heterocycles. The number of hydrogen-bond acceptors (Lipinski definition) is 9. The van der Waals surface area contributed by atoms with Crippen LogP contribution in [0.3, 0.4) is 0 Å². The van der Waals surface area contributed by atoms with Gasteiger partial charge in [-0.25, -0.2) is 9.78 Å². The number of carboxylic acids is 1. The largest absolute Gasteiger partial charge is 0.480 e. The zero-order chi connectivity index (χ0) is 29.3. The molecule has 2 aromatic heterocycles. The van der Waals surface area contributed by atoms with Crippen LogP contribution in [0.5, 0.6) is 12.0 Å². The van der Waals surface area contributed by atoms with Gasteiger partial charge in [-0.15, -0.1) is 4.98 Å². The van der Waals surface area contributed by atoms with Gasteiger partial charge in [0.05, 0.1) is 18.0 Å². The fourth-order valence-electron chi connectivity index (χ4n) is 4.29. The fraction of sp³-hybridized carbons (Fsp3) is 0.161. The van der Waals surface area contributed by atoms with Crippen LogP contribution in [0.15, 0.2) is 85.3 Å². The molecule has 0 saturated heterocycles. The van der Waals surface area contributed by atoms with Crippen molar-refractivity contribution in [2.75, 3.05) is 5.32 Å². The Morgan fingerprint density at radius 3 is 2.48 bits per heavy atom. The number of aromatic nitrogens is 5. The average Bonchev–Trinajstić information content (AvgIpc) is 3.53. The van der Waals surface area contributed by atoms with Gasteiger partial charge in [-0.05, 0) is 46.9 Å². The van der Waals surface area contributed by atoms with Crippen molar-refractivity contribution in [2.24, 2.45) is 0 Å². The van der Waals surface area contributed by atoms with Crippen molar-refractivity contribution in [3.63, 3.8) is 0 Å². The van der Waals surface area contributed by atoms with E-state index in [0.717, 1.165) is 27.8 Å². The molecule has 3 aromatic carbocycles. The zero-order valence-electron chi connectivity index (χ0n) is 22.7. The van der Waals surface area contributed by atoms with E-state index in [0.29, 0.717) is 11.3 Å². The first-order valence-electron chi connectivity index (χ1n) is 13.1. The van der Waals surface area contributed by atoms with Crippen LogP contribution < -0.4 is 14.8 Å². The minimum atomic E-state index is -1.10. The summed E-state index contributed by atoms with van der Waals surface area (Å²) in [5, 5.41) is 21.9. The van der Waals surface area contributed by atoms with Gasteiger partial charge in [0.2, 0.25) is 5.95 Å². The summed E-state index contributed by atoms with van der Waals surface area (Å²) in [5.74, 6) is -1.13. The van der Waals surface area contributed by atoms with E-state index in [4.69, 9.17) is 9.47 Å². The van der Waals surface area contributed by atoms with E-state index < -0.39 is 12.0 Å². The number of H-pyrrole nitrogens is 1. The van der Waals surface area contributed by atoms with Crippen LogP contribution in [0.4, 0.5) is 5.95 Å². The Morgan fingerprint density at radius 2 is 1.76 bits per heavy atom. The molecule has 0 aliphatic carbocycles. The molecule has 3 N–H and O–H groups in total. The van der Waals surface area contributed by atoms with Gasteiger partial charge in [-0.1, -0.05) is 60.7 Å². The fourth-order valence-corrected chi connectivity index (χ4v) is 4.29. The smallest absolute Gasteiger partial charge is 0.326 e. The maximum Gasteiger partial charge on any atom is 0.326 e. The van der Waals surface area contributed by atoms with Crippen molar-refractivity contribution in [2.45, 2.75) is 32.6 Å². The van der Waals surface area contributed by atoms with E-state index in [2.05, 4.69) is 54.5 Å². The first kappa shape index (κ1) is 27.8. The number of carboxylic acid groups (broad SMARTS) is 1. The molecule has 11 heteroatoms. The Bertz CT molecular complexity index is 1700. The first-order chi connectivity index (χ1) is 20.5. The Morgan fingerprint density at radius 1 is 1.00 bits per heavy atom. The van der Waals surface area contributed by atoms with E-state index in [-0.39, 0.29) is 37.6 Å². The second-order valence-electron chi connectivity index (χ2n) is 9.39. The lowest BCUT2D eigenvalue weighted by atomic mass is 9.97. The molecule has 0 aliphatic rings. The van der Waals surface area contributed by atoms with Gasteiger partial charge >= 0.3 is 18.0 Å². The molecule has 0 aliphatic heterocycles. The highest BCUT2D eigenvalue weighted by Crippen LogP contribution is 2.26. The van der Waals surface area contributed by atoms with E-state index in [9.17, 15) is 15.2 Å². The van der Waals surface area contributed by atoms with Crippen molar-refractivity contribution in [3.05, 3.63) is 113 Å². The predicted molar refractivity (Wildman–Crippen MR) is 154 cm³/mol. The topological polar surface area (TPSA) is 159 Å². The summed E-state index contributed by atoms with van der Waals surface area (Å²) in [4.78, 5) is 31.8. The lowest BCUT2D eigenvalue weighted by molar-refractivity contribution is -0.137. The third kappa shape index (κ3) is 7.05. The van der Waals surface area contributed by atoms with E-state index in [1.807, 2.05) is 43.3 Å². The van der Waals surface area contributed by atoms with Crippen LogP contribution in [0.25, 0.3) is 11.1 Å². The van der Waals surface area contributed by atoms with Crippen LogP contribution in [0.2, 0.25) is 0 Å². The Kier molecular flexibility index (Phi) is 8.64. The highest BCUT2D eigenvalue weighted by Gasteiger charge is 2.21. The highest BCUT2D eigenvalue weighted by molar-refractivity contribution is 5.77. The molecule has 0 fully saturated rings.